The van der Waals surface area contributed by atoms with Gasteiger partial charge in [0.25, 0.3) is 5.56 Å². The maximum absolute atomic E-state index is 13.0. The van der Waals surface area contributed by atoms with Crippen molar-refractivity contribution in [2.24, 2.45) is 5.92 Å². The number of fused-ring (bicyclic) bond motifs is 1. The Hall–Kier alpha value is -2.06. The monoisotopic (exact) mass is 453 g/mol. The Morgan fingerprint density at radius 3 is 2.80 bits per heavy atom. The van der Waals surface area contributed by atoms with E-state index in [4.69, 9.17) is 16.3 Å². The third kappa shape index (κ3) is 7.32. The summed E-state index contributed by atoms with van der Waals surface area (Å²) in [7, 11) is 0. The molecule has 0 bridgehead atoms. The molecule has 0 saturated carbocycles. The van der Waals surface area contributed by atoms with Gasteiger partial charge in [-0.3, -0.25) is 19.0 Å². The summed E-state index contributed by atoms with van der Waals surface area (Å²) >= 11 is 7.27. The van der Waals surface area contributed by atoms with Gasteiger partial charge < -0.3 is 10.1 Å². The highest BCUT2D eigenvalue weighted by Crippen LogP contribution is 2.21. The van der Waals surface area contributed by atoms with Crippen LogP contribution in [0.25, 0.3) is 10.9 Å². The summed E-state index contributed by atoms with van der Waals surface area (Å²) in [5.41, 5.74) is 0.389. The maximum atomic E-state index is 13.0. The number of esters is 1. The second-order valence-corrected chi connectivity index (χ2v) is 8.62. The van der Waals surface area contributed by atoms with Crippen molar-refractivity contribution >= 4 is 46.1 Å². The Morgan fingerprint density at radius 2 is 2.10 bits per heavy atom. The summed E-state index contributed by atoms with van der Waals surface area (Å²) in [6.45, 7) is 7.22. The number of amides is 1. The van der Waals surface area contributed by atoms with Crippen molar-refractivity contribution in [3.8, 4) is 0 Å². The van der Waals surface area contributed by atoms with Gasteiger partial charge in [0.2, 0.25) is 5.91 Å². The van der Waals surface area contributed by atoms with Gasteiger partial charge in [0.05, 0.1) is 23.3 Å². The van der Waals surface area contributed by atoms with E-state index in [2.05, 4.69) is 24.1 Å². The van der Waals surface area contributed by atoms with Crippen molar-refractivity contribution < 1.29 is 14.3 Å². The highest BCUT2D eigenvalue weighted by atomic mass is 35.5. The minimum Gasteiger partial charge on any atom is -0.466 e. The molecule has 0 atom stereocenters. The Labute approximate surface area is 185 Å². The number of ether oxygens (including phenoxy) is 1. The zero-order valence-electron chi connectivity index (χ0n) is 17.6. The van der Waals surface area contributed by atoms with Gasteiger partial charge in [0.15, 0.2) is 5.16 Å². The van der Waals surface area contributed by atoms with Crippen LogP contribution >= 0.6 is 23.4 Å². The number of carbonyl (C=O) groups excluding carboxylic acids is 2. The van der Waals surface area contributed by atoms with E-state index in [0.717, 1.165) is 6.42 Å². The van der Waals surface area contributed by atoms with Crippen LogP contribution in [0.2, 0.25) is 5.02 Å². The summed E-state index contributed by atoms with van der Waals surface area (Å²) in [5.74, 6) is 0.104. The number of nitrogens with zero attached hydrogens (tertiary/aromatic N) is 2. The first-order valence-corrected chi connectivity index (χ1v) is 11.4. The minimum atomic E-state index is -0.269. The molecule has 1 heterocycles. The number of benzene rings is 1. The molecule has 0 saturated heterocycles. The average molecular weight is 454 g/mol. The molecule has 9 heteroatoms. The second-order valence-electron chi connectivity index (χ2n) is 7.24. The van der Waals surface area contributed by atoms with Crippen LogP contribution in [0.1, 0.15) is 40.0 Å². The van der Waals surface area contributed by atoms with E-state index in [1.807, 2.05) is 0 Å². The number of rotatable bonds is 11. The normalized spacial score (nSPS) is 11.1. The summed E-state index contributed by atoms with van der Waals surface area (Å²) in [5, 5.41) is 4.29. The Bertz CT molecular complexity index is 946. The minimum absolute atomic E-state index is 0.125. The van der Waals surface area contributed by atoms with Crippen LogP contribution in [0.4, 0.5) is 0 Å². The smallest absolute Gasteiger partial charge is 0.305 e. The van der Waals surface area contributed by atoms with Gasteiger partial charge >= 0.3 is 5.97 Å². The predicted molar refractivity (Wildman–Crippen MR) is 120 cm³/mol. The number of halogens is 1. The lowest BCUT2D eigenvalue weighted by molar-refractivity contribution is -0.143. The molecule has 0 aliphatic carbocycles. The highest BCUT2D eigenvalue weighted by molar-refractivity contribution is 7.99. The molecule has 0 aliphatic heterocycles. The molecule has 164 valence electrons. The Morgan fingerprint density at radius 1 is 1.33 bits per heavy atom. The van der Waals surface area contributed by atoms with Crippen LogP contribution in [0.15, 0.2) is 28.2 Å². The van der Waals surface area contributed by atoms with E-state index in [1.54, 1.807) is 29.7 Å². The molecular weight excluding hydrogens is 426 g/mol. The SMILES string of the molecule is CCOC(=O)CCCNC(=O)CSc1nc2cc(Cl)ccc2c(=O)n1CCC(C)C. The lowest BCUT2D eigenvalue weighted by Gasteiger charge is -2.14. The lowest BCUT2D eigenvalue weighted by atomic mass is 10.1. The highest BCUT2D eigenvalue weighted by Gasteiger charge is 2.14. The molecule has 0 fully saturated rings. The maximum Gasteiger partial charge on any atom is 0.305 e. The van der Waals surface area contributed by atoms with Gasteiger partial charge in [-0.05, 0) is 43.9 Å². The Kier molecular flexibility index (Phi) is 9.65. The zero-order valence-corrected chi connectivity index (χ0v) is 19.1. The third-order valence-corrected chi connectivity index (χ3v) is 5.54. The van der Waals surface area contributed by atoms with Gasteiger partial charge in [0.1, 0.15) is 0 Å². The van der Waals surface area contributed by atoms with Crippen LogP contribution in [0.3, 0.4) is 0 Å². The number of hydrogen-bond acceptors (Lipinski definition) is 6. The Balaban J connectivity index is 2.05. The van der Waals surface area contributed by atoms with Crippen LogP contribution < -0.4 is 10.9 Å². The largest absolute Gasteiger partial charge is 0.466 e. The van der Waals surface area contributed by atoms with Crippen molar-refractivity contribution in [3.63, 3.8) is 0 Å². The second kappa shape index (κ2) is 12.0. The molecule has 1 aromatic heterocycles. The first-order valence-electron chi connectivity index (χ1n) is 10.1. The standard InChI is InChI=1S/C21H28ClN3O4S/c1-4-29-19(27)6-5-10-23-18(26)13-30-21-24-17-12-15(22)7-8-16(17)20(28)25(21)11-9-14(2)3/h7-8,12,14H,4-6,9-11,13H2,1-3H3,(H,23,26). The van der Waals surface area contributed by atoms with Gasteiger partial charge in [-0.15, -0.1) is 0 Å². The summed E-state index contributed by atoms with van der Waals surface area (Å²) < 4.78 is 6.49. The van der Waals surface area contributed by atoms with Crippen molar-refractivity contribution in [1.82, 2.24) is 14.9 Å². The van der Waals surface area contributed by atoms with Crippen LogP contribution in [-0.4, -0.2) is 40.3 Å². The predicted octanol–water partition coefficient (Wildman–Crippen LogP) is 3.65. The number of nitrogens with one attached hydrogen (secondary N) is 1. The molecule has 1 N–H and O–H groups in total. The molecule has 30 heavy (non-hydrogen) atoms. The lowest BCUT2D eigenvalue weighted by Crippen LogP contribution is -2.28. The summed E-state index contributed by atoms with van der Waals surface area (Å²) in [6, 6.07) is 5.02. The van der Waals surface area contributed by atoms with E-state index in [0.29, 0.717) is 53.1 Å². The number of aromatic nitrogens is 2. The van der Waals surface area contributed by atoms with Crippen molar-refractivity contribution in [3.05, 3.63) is 33.6 Å². The quantitative estimate of drug-likeness (QED) is 0.242. The van der Waals surface area contributed by atoms with E-state index < -0.39 is 0 Å². The third-order valence-electron chi connectivity index (χ3n) is 4.33. The fourth-order valence-corrected chi connectivity index (χ4v) is 3.76. The zero-order chi connectivity index (χ0) is 22.1. The summed E-state index contributed by atoms with van der Waals surface area (Å²) in [6.07, 6.45) is 1.61. The number of carbonyl (C=O) groups is 2. The van der Waals surface area contributed by atoms with E-state index in [-0.39, 0.29) is 29.6 Å². The molecule has 0 aliphatic rings. The van der Waals surface area contributed by atoms with E-state index >= 15 is 0 Å². The topological polar surface area (TPSA) is 90.3 Å². The number of hydrogen-bond donors (Lipinski definition) is 1. The molecular formula is C21H28ClN3O4S. The van der Waals surface area contributed by atoms with Crippen molar-refractivity contribution in [2.45, 2.75) is 51.7 Å². The average Bonchev–Trinajstić information content (AvgIpc) is 2.69. The molecule has 0 radical (unpaired) electrons. The van der Waals surface area contributed by atoms with Crippen LogP contribution in [0, 0.1) is 5.92 Å². The first-order chi connectivity index (χ1) is 14.3. The molecule has 0 spiro atoms. The molecule has 1 aromatic carbocycles. The van der Waals surface area contributed by atoms with Crippen molar-refractivity contribution in [2.75, 3.05) is 18.9 Å². The van der Waals surface area contributed by atoms with E-state index in [1.165, 1.54) is 11.8 Å². The van der Waals surface area contributed by atoms with Gasteiger partial charge in [-0.25, -0.2) is 4.98 Å². The molecule has 1 amide bonds. The fraction of sp³-hybridized carbons (Fsp3) is 0.524. The van der Waals surface area contributed by atoms with E-state index in [9.17, 15) is 14.4 Å². The number of thioether (sulfide) groups is 1. The van der Waals surface area contributed by atoms with Crippen LogP contribution in [-0.2, 0) is 20.9 Å². The van der Waals surface area contributed by atoms with Crippen LogP contribution in [0.5, 0.6) is 0 Å². The molecule has 0 unspecified atom stereocenters. The van der Waals surface area contributed by atoms with Crippen molar-refractivity contribution in [1.29, 1.82) is 0 Å². The fourth-order valence-electron chi connectivity index (χ4n) is 2.74. The van der Waals surface area contributed by atoms with Gasteiger partial charge in [-0.2, -0.15) is 0 Å². The molecule has 2 rings (SSSR count). The van der Waals surface area contributed by atoms with Gasteiger partial charge in [-0.1, -0.05) is 37.2 Å². The molecule has 2 aromatic rings. The first kappa shape index (κ1) is 24.2. The summed E-state index contributed by atoms with van der Waals surface area (Å²) in [4.78, 5) is 41.1. The van der Waals surface area contributed by atoms with Gasteiger partial charge in [0, 0.05) is 24.5 Å². The molecule has 7 nitrogen and oxygen atoms in total.